The van der Waals surface area contributed by atoms with Gasteiger partial charge in [0, 0.05) is 6.54 Å². The van der Waals surface area contributed by atoms with E-state index in [9.17, 15) is 13.2 Å². The Balaban J connectivity index is 2.01. The van der Waals surface area contributed by atoms with Crippen molar-refractivity contribution in [1.29, 1.82) is 0 Å². The maximum Gasteiger partial charge on any atom is 0.234 e. The Morgan fingerprint density at radius 3 is 2.60 bits per heavy atom. The van der Waals surface area contributed by atoms with Gasteiger partial charge in [0.25, 0.3) is 0 Å². The van der Waals surface area contributed by atoms with Gasteiger partial charge in [-0.1, -0.05) is 12.1 Å². The predicted molar refractivity (Wildman–Crippen MR) is 74.1 cm³/mol. The molecule has 1 amide bonds. The van der Waals surface area contributed by atoms with Gasteiger partial charge < -0.3 is 16.3 Å². The molecule has 0 aromatic carbocycles. The molecule has 8 heteroatoms. The van der Waals surface area contributed by atoms with Crippen LogP contribution < -0.4 is 11.1 Å². The Hall–Kier alpha value is -1.31. The maximum absolute atomic E-state index is 12.3. The normalized spacial score (nSPS) is 36.4. The van der Waals surface area contributed by atoms with Crippen molar-refractivity contribution in [2.24, 2.45) is 22.2 Å². The molecule has 0 aromatic heterocycles. The number of sulfone groups is 1. The van der Waals surface area contributed by atoms with Gasteiger partial charge in [0.15, 0.2) is 15.7 Å². The molecule has 1 aliphatic carbocycles. The minimum Gasteiger partial charge on any atom is -0.409 e. The molecular formula is C12H21N3O4S. The Labute approximate surface area is 118 Å². The van der Waals surface area contributed by atoms with E-state index < -0.39 is 20.5 Å². The van der Waals surface area contributed by atoms with E-state index in [0.717, 1.165) is 0 Å². The molecule has 0 spiro atoms. The van der Waals surface area contributed by atoms with Crippen LogP contribution in [-0.4, -0.2) is 42.9 Å². The van der Waals surface area contributed by atoms with Crippen LogP contribution in [0.4, 0.5) is 0 Å². The maximum atomic E-state index is 12.3. The van der Waals surface area contributed by atoms with Crippen LogP contribution in [0.15, 0.2) is 5.16 Å². The SMILES string of the molecule is CC1CC(C(=O)NCC2CCCS2(=O)=O)(C(N)=NO)C1. The van der Waals surface area contributed by atoms with Crippen molar-refractivity contribution in [2.75, 3.05) is 12.3 Å². The van der Waals surface area contributed by atoms with E-state index in [4.69, 9.17) is 10.9 Å². The molecule has 2 aliphatic rings. The van der Waals surface area contributed by atoms with Gasteiger partial charge in [-0.3, -0.25) is 4.79 Å². The fraction of sp³-hybridized carbons (Fsp3) is 0.833. The molecule has 1 aliphatic heterocycles. The zero-order valence-electron chi connectivity index (χ0n) is 11.5. The van der Waals surface area contributed by atoms with Crippen molar-refractivity contribution < 1.29 is 18.4 Å². The predicted octanol–water partition coefficient (Wildman–Crippen LogP) is -0.157. The van der Waals surface area contributed by atoms with Gasteiger partial charge in [0.05, 0.1) is 11.0 Å². The van der Waals surface area contributed by atoms with Crippen LogP contribution in [0, 0.1) is 11.3 Å². The summed E-state index contributed by atoms with van der Waals surface area (Å²) in [6.07, 6.45) is 2.26. The molecule has 114 valence electrons. The van der Waals surface area contributed by atoms with Crippen LogP contribution in [0.5, 0.6) is 0 Å². The molecule has 0 bridgehead atoms. The molecule has 1 saturated carbocycles. The van der Waals surface area contributed by atoms with E-state index in [-0.39, 0.29) is 24.0 Å². The first-order chi connectivity index (χ1) is 9.32. The van der Waals surface area contributed by atoms with Gasteiger partial charge in [-0.25, -0.2) is 8.42 Å². The number of oxime groups is 1. The first kappa shape index (κ1) is 15.1. The Morgan fingerprint density at radius 1 is 1.50 bits per heavy atom. The molecule has 2 rings (SSSR count). The van der Waals surface area contributed by atoms with Gasteiger partial charge in [-0.15, -0.1) is 0 Å². The summed E-state index contributed by atoms with van der Waals surface area (Å²) in [6.45, 7) is 2.09. The van der Waals surface area contributed by atoms with Crippen LogP contribution in [-0.2, 0) is 14.6 Å². The summed E-state index contributed by atoms with van der Waals surface area (Å²) in [4.78, 5) is 12.3. The van der Waals surface area contributed by atoms with Gasteiger partial charge in [0.1, 0.15) is 5.41 Å². The molecule has 1 atom stereocenters. The van der Waals surface area contributed by atoms with E-state index in [0.29, 0.717) is 31.6 Å². The zero-order chi connectivity index (χ0) is 15.0. The van der Waals surface area contributed by atoms with Crippen LogP contribution in [0.1, 0.15) is 32.6 Å². The van der Waals surface area contributed by atoms with Crippen molar-refractivity contribution in [3.63, 3.8) is 0 Å². The third-order valence-corrected chi connectivity index (χ3v) is 6.66. The average Bonchev–Trinajstić information content (AvgIpc) is 2.69. The highest BCUT2D eigenvalue weighted by molar-refractivity contribution is 7.92. The second-order valence-corrected chi connectivity index (χ2v) is 8.32. The van der Waals surface area contributed by atoms with Gasteiger partial charge >= 0.3 is 0 Å². The lowest BCUT2D eigenvalue weighted by molar-refractivity contribution is -0.133. The lowest BCUT2D eigenvalue weighted by Gasteiger charge is -2.43. The molecule has 2 fully saturated rings. The highest BCUT2D eigenvalue weighted by atomic mass is 32.2. The first-order valence-electron chi connectivity index (χ1n) is 6.80. The molecule has 1 heterocycles. The largest absolute Gasteiger partial charge is 0.409 e. The van der Waals surface area contributed by atoms with Gasteiger partial charge in [-0.05, 0) is 31.6 Å². The fourth-order valence-electron chi connectivity index (χ4n) is 3.20. The van der Waals surface area contributed by atoms with E-state index in [1.807, 2.05) is 6.92 Å². The monoisotopic (exact) mass is 303 g/mol. The molecular weight excluding hydrogens is 282 g/mol. The summed E-state index contributed by atoms with van der Waals surface area (Å²) in [6, 6.07) is 0. The minimum absolute atomic E-state index is 0.0950. The molecule has 7 nitrogen and oxygen atoms in total. The number of rotatable bonds is 4. The number of hydrogen-bond donors (Lipinski definition) is 3. The van der Waals surface area contributed by atoms with E-state index in [1.165, 1.54) is 0 Å². The summed E-state index contributed by atoms with van der Waals surface area (Å²) in [7, 11) is -3.08. The number of carbonyl (C=O) groups excluding carboxylic acids is 1. The summed E-state index contributed by atoms with van der Waals surface area (Å²) in [5.41, 5.74) is 4.66. The average molecular weight is 303 g/mol. The number of nitrogens with one attached hydrogen (secondary N) is 1. The van der Waals surface area contributed by atoms with Crippen LogP contribution in [0.2, 0.25) is 0 Å². The summed E-state index contributed by atoms with van der Waals surface area (Å²) in [5, 5.41) is 13.9. The number of carbonyl (C=O) groups is 1. The first-order valence-corrected chi connectivity index (χ1v) is 8.51. The molecule has 1 unspecified atom stereocenters. The molecule has 0 radical (unpaired) electrons. The van der Waals surface area contributed by atoms with Crippen molar-refractivity contribution in [2.45, 2.75) is 37.9 Å². The summed E-state index contributed by atoms with van der Waals surface area (Å²) in [5.74, 6) is 0.0855. The highest BCUT2D eigenvalue weighted by Crippen LogP contribution is 2.45. The van der Waals surface area contributed by atoms with E-state index in [1.54, 1.807) is 0 Å². The Kier molecular flexibility index (Phi) is 3.95. The quantitative estimate of drug-likeness (QED) is 0.288. The van der Waals surface area contributed by atoms with Crippen LogP contribution in [0.3, 0.4) is 0 Å². The Bertz CT molecular complexity index is 523. The smallest absolute Gasteiger partial charge is 0.234 e. The third-order valence-electron chi connectivity index (χ3n) is 4.38. The second-order valence-electron chi connectivity index (χ2n) is 5.92. The molecule has 0 aromatic rings. The van der Waals surface area contributed by atoms with Crippen molar-refractivity contribution >= 4 is 21.6 Å². The molecule has 1 saturated heterocycles. The number of amides is 1. The standard InChI is InChI=1S/C12H21N3O4S/c1-8-5-12(6-8,10(13)15-17)11(16)14-7-9-3-2-4-20(9,18)19/h8-9,17H,2-7H2,1H3,(H2,13,15)(H,14,16). The minimum atomic E-state index is -3.08. The second kappa shape index (κ2) is 5.23. The number of hydrogen-bond acceptors (Lipinski definition) is 5. The zero-order valence-corrected chi connectivity index (χ0v) is 12.3. The molecule has 20 heavy (non-hydrogen) atoms. The van der Waals surface area contributed by atoms with Crippen LogP contribution in [0.25, 0.3) is 0 Å². The number of amidine groups is 1. The van der Waals surface area contributed by atoms with Gasteiger partial charge in [-0.2, -0.15) is 0 Å². The fourth-order valence-corrected chi connectivity index (χ4v) is 4.97. The van der Waals surface area contributed by atoms with Gasteiger partial charge in [0.2, 0.25) is 5.91 Å². The Morgan fingerprint density at radius 2 is 2.15 bits per heavy atom. The number of nitrogens with zero attached hydrogens (tertiary/aromatic N) is 1. The lowest BCUT2D eigenvalue weighted by Crippen LogP contribution is -2.57. The summed E-state index contributed by atoms with van der Waals surface area (Å²) < 4.78 is 23.4. The van der Waals surface area contributed by atoms with Crippen molar-refractivity contribution in [1.82, 2.24) is 5.32 Å². The summed E-state index contributed by atoms with van der Waals surface area (Å²) >= 11 is 0. The number of nitrogens with two attached hydrogens (primary N) is 1. The topological polar surface area (TPSA) is 122 Å². The van der Waals surface area contributed by atoms with E-state index >= 15 is 0 Å². The highest BCUT2D eigenvalue weighted by Gasteiger charge is 2.52. The van der Waals surface area contributed by atoms with Crippen LogP contribution >= 0.6 is 0 Å². The lowest BCUT2D eigenvalue weighted by atomic mass is 9.61. The molecule has 4 N–H and O–H groups in total. The van der Waals surface area contributed by atoms with Crippen molar-refractivity contribution in [3.8, 4) is 0 Å². The van der Waals surface area contributed by atoms with Crippen molar-refractivity contribution in [3.05, 3.63) is 0 Å². The third kappa shape index (κ3) is 2.48. The van der Waals surface area contributed by atoms with E-state index in [2.05, 4.69) is 10.5 Å².